The first-order chi connectivity index (χ1) is 0. The van der Waals surface area contributed by atoms with E-state index in [9.17, 15) is 0 Å². The van der Waals surface area contributed by atoms with Crippen molar-refractivity contribution < 1.29 is 33.3 Å². The van der Waals surface area contributed by atoms with Gasteiger partial charge in [0.05, 0.1) is 0 Å². The molecule has 0 aromatic rings. The Morgan fingerprint density at radius 1 is 1.00 bits per heavy atom. The van der Waals surface area contributed by atoms with Gasteiger partial charge in [0.1, 0.15) is 0 Å². The summed E-state index contributed by atoms with van der Waals surface area (Å²) < 4.78 is 0. The zero-order valence-electron chi connectivity index (χ0n) is 1.60. The first-order valence-corrected chi connectivity index (χ1v) is 0. The minimum absolute atomic E-state index is 0. The maximum absolute atomic E-state index is 0. The summed E-state index contributed by atoms with van der Waals surface area (Å²) in [4.78, 5) is 0. The summed E-state index contributed by atoms with van der Waals surface area (Å²) in [6.07, 6.45) is 0. The smallest absolute Gasteiger partial charge is 0 e. The third kappa shape index (κ3) is 8.82. The molecule has 0 saturated carbocycles. The van der Waals surface area contributed by atoms with Gasteiger partial charge >= 0.3 is 0 Å². The first-order valence-electron chi connectivity index (χ1n) is 0. The van der Waals surface area contributed by atoms with Crippen LogP contribution in [-0.4, -0.2) is 48.3 Å². The van der Waals surface area contributed by atoms with Gasteiger partial charge in [0.15, 0.2) is 0 Å². The predicted molar refractivity (Wildman–Crippen MR) is 11.5 cm³/mol. The summed E-state index contributed by atoms with van der Waals surface area (Å²) in [6.45, 7) is 0. The van der Waals surface area contributed by atoms with Gasteiger partial charge in [0, 0.05) is 81.6 Å². The zero-order chi connectivity index (χ0) is 0. The molecule has 0 atom stereocenters. The fourth-order valence-corrected chi connectivity index (χ4v) is 0. The second kappa shape index (κ2) is 17.5. The van der Waals surface area contributed by atoms with E-state index in [2.05, 4.69) is 0 Å². The normalized spacial score (nSPS) is 0. The molecule has 0 unspecified atom stereocenters. The summed E-state index contributed by atoms with van der Waals surface area (Å²) >= 11 is 0. The Morgan fingerprint density at radius 2 is 1.00 bits per heavy atom. The van der Waals surface area contributed by atoms with Gasteiger partial charge in [0.25, 0.3) is 0 Å². The topological polar surface area (TPSA) is 0 Å². The van der Waals surface area contributed by atoms with Crippen molar-refractivity contribution in [3.63, 3.8) is 0 Å². The standard InChI is InChI=1S/Co.Ni.Sb.Sn. The van der Waals surface area contributed by atoms with Crippen LogP contribution >= 0.6 is 0 Å². The van der Waals surface area contributed by atoms with Crippen LogP contribution in [0.1, 0.15) is 0 Å². The van der Waals surface area contributed by atoms with Crippen molar-refractivity contribution in [1.82, 2.24) is 0 Å². The Balaban J connectivity index is 0. The monoisotopic (exact) mass is 358 g/mol. The fourth-order valence-electron chi connectivity index (χ4n) is 0. The molecule has 0 aliphatic rings. The van der Waals surface area contributed by atoms with Crippen LogP contribution in [0.2, 0.25) is 0 Å². The Hall–Kier alpha value is 2.62. The average molecular weight is 358 g/mol. The zero-order valence-corrected chi connectivity index (χ0v) is 9.03. The third-order valence-corrected chi connectivity index (χ3v) is 0. The van der Waals surface area contributed by atoms with Gasteiger partial charge < -0.3 is 0 Å². The van der Waals surface area contributed by atoms with Crippen molar-refractivity contribution in [3.05, 3.63) is 0 Å². The molecule has 28 valence electrons. The van der Waals surface area contributed by atoms with Crippen LogP contribution in [0.25, 0.3) is 0 Å². The summed E-state index contributed by atoms with van der Waals surface area (Å²) in [5.41, 5.74) is 0. The van der Waals surface area contributed by atoms with Crippen LogP contribution in [0, 0.1) is 0 Å². The molecule has 0 spiro atoms. The first kappa shape index (κ1) is 30.5. The molecule has 0 aromatic heterocycles. The van der Waals surface area contributed by atoms with Crippen molar-refractivity contribution in [1.29, 1.82) is 0 Å². The second-order valence-electron chi connectivity index (χ2n) is 0. The molecule has 0 aromatic carbocycles. The molecule has 0 N–H and O–H groups in total. The molecule has 8 radical (unpaired) electrons. The van der Waals surface area contributed by atoms with Crippen molar-refractivity contribution >= 4 is 48.3 Å². The van der Waals surface area contributed by atoms with Crippen molar-refractivity contribution in [2.45, 2.75) is 0 Å². The van der Waals surface area contributed by atoms with Crippen LogP contribution in [0.3, 0.4) is 0 Å². The molecule has 0 aliphatic carbocycles. The minimum atomic E-state index is 0. The van der Waals surface area contributed by atoms with E-state index in [1.54, 1.807) is 0 Å². The summed E-state index contributed by atoms with van der Waals surface area (Å²) in [5, 5.41) is 0. The van der Waals surface area contributed by atoms with Gasteiger partial charge in [-0.3, -0.25) is 0 Å². The fraction of sp³-hybridized carbons (Fsp3) is 0. The summed E-state index contributed by atoms with van der Waals surface area (Å²) in [6, 6.07) is 0. The Kier molecular flexibility index (Phi) is 133. The van der Waals surface area contributed by atoms with Crippen LogP contribution in [-0.2, 0) is 33.3 Å². The second-order valence-corrected chi connectivity index (χ2v) is 0. The van der Waals surface area contributed by atoms with Gasteiger partial charge in [-0.05, 0) is 0 Å². The third-order valence-electron chi connectivity index (χ3n) is 0. The van der Waals surface area contributed by atoms with E-state index in [0.717, 1.165) is 0 Å². The van der Waals surface area contributed by atoms with Gasteiger partial charge in [-0.25, -0.2) is 0 Å². The number of rotatable bonds is 0. The van der Waals surface area contributed by atoms with Crippen molar-refractivity contribution in [2.24, 2.45) is 0 Å². The van der Waals surface area contributed by atoms with Gasteiger partial charge in [-0.15, -0.1) is 0 Å². The molecule has 0 saturated heterocycles. The molecule has 0 bridgehead atoms. The van der Waals surface area contributed by atoms with E-state index in [1.165, 1.54) is 0 Å². The van der Waals surface area contributed by atoms with E-state index in [1.807, 2.05) is 0 Å². The Labute approximate surface area is 80.4 Å². The van der Waals surface area contributed by atoms with Crippen molar-refractivity contribution in [3.8, 4) is 0 Å². The predicted octanol–water partition coefficient (Wildman–Crippen LogP) is -0.767. The Bertz CT molecular complexity index is 8.00. The molecular formula is CoNiSbSn. The van der Waals surface area contributed by atoms with Crippen molar-refractivity contribution in [2.75, 3.05) is 0 Å². The molecule has 0 nitrogen and oxygen atoms in total. The van der Waals surface area contributed by atoms with E-state index in [0.29, 0.717) is 0 Å². The molecule has 0 aliphatic heterocycles. The molecule has 0 fully saturated rings. The quantitative estimate of drug-likeness (QED) is 0.500. The summed E-state index contributed by atoms with van der Waals surface area (Å²) in [7, 11) is 0. The SMILES string of the molecule is [Co].[Ni].[Sb].[Sn]. The van der Waals surface area contributed by atoms with E-state index in [4.69, 9.17) is 0 Å². The average Bonchev–Trinajstić information content (AvgIpc) is 0. The number of hydrogen-bond donors (Lipinski definition) is 0. The summed E-state index contributed by atoms with van der Waals surface area (Å²) in [5.74, 6) is 0. The van der Waals surface area contributed by atoms with Crippen LogP contribution < -0.4 is 0 Å². The molecule has 4 heavy (non-hydrogen) atoms. The largest absolute Gasteiger partial charge is 0 e. The van der Waals surface area contributed by atoms with Gasteiger partial charge in [-0.2, -0.15) is 0 Å². The Morgan fingerprint density at radius 3 is 1.00 bits per heavy atom. The van der Waals surface area contributed by atoms with E-state index in [-0.39, 0.29) is 81.6 Å². The number of hydrogen-bond acceptors (Lipinski definition) is 0. The van der Waals surface area contributed by atoms with Crippen LogP contribution in [0.4, 0.5) is 0 Å². The van der Waals surface area contributed by atoms with Crippen LogP contribution in [0.15, 0.2) is 0 Å². The molecule has 0 amide bonds. The minimum Gasteiger partial charge on any atom is 0 e. The molecular weight excluding hydrogens is 358 g/mol. The molecule has 0 heterocycles. The van der Waals surface area contributed by atoms with Gasteiger partial charge in [-0.1, -0.05) is 0 Å². The van der Waals surface area contributed by atoms with E-state index >= 15 is 0 Å². The van der Waals surface area contributed by atoms with E-state index < -0.39 is 0 Å². The van der Waals surface area contributed by atoms with Crippen LogP contribution in [0.5, 0.6) is 0 Å². The maximum atomic E-state index is 0. The molecule has 0 rings (SSSR count). The molecule has 4 heteroatoms. The maximum Gasteiger partial charge on any atom is 0 e. The van der Waals surface area contributed by atoms with Gasteiger partial charge in [0.2, 0.25) is 0 Å².